The van der Waals surface area contributed by atoms with Crippen molar-refractivity contribution in [3.63, 3.8) is 0 Å². The summed E-state index contributed by atoms with van der Waals surface area (Å²) in [6.07, 6.45) is 11.5. The van der Waals surface area contributed by atoms with Gasteiger partial charge in [0.1, 0.15) is 0 Å². The lowest BCUT2D eigenvalue weighted by Gasteiger charge is -2.10. The van der Waals surface area contributed by atoms with E-state index < -0.39 is 0 Å². The minimum absolute atomic E-state index is 0.271. The molecule has 0 fully saturated rings. The van der Waals surface area contributed by atoms with E-state index in [0.29, 0.717) is 0 Å². The summed E-state index contributed by atoms with van der Waals surface area (Å²) in [6.45, 7) is 7.50. The maximum absolute atomic E-state index is 9.96. The molecule has 0 saturated carbocycles. The van der Waals surface area contributed by atoms with Crippen LogP contribution in [-0.2, 0) is 0 Å². The van der Waals surface area contributed by atoms with Crippen molar-refractivity contribution in [2.45, 2.75) is 71.3 Å². The molecule has 0 aromatic heterocycles. The van der Waals surface area contributed by atoms with Crippen molar-refractivity contribution >= 4 is 0 Å². The molecule has 1 N–H and O–H groups in total. The van der Waals surface area contributed by atoms with Crippen LogP contribution in [0, 0.1) is 0 Å². The van der Waals surface area contributed by atoms with Crippen molar-refractivity contribution in [3.05, 3.63) is 48.6 Å². The number of unbranched alkanes of at least 4 members (excludes halogenated alkanes) is 6. The number of allylic oxidation sites excluding steroid dienone is 1. The zero-order valence-corrected chi connectivity index (χ0v) is 13.4. The second-order valence-electron chi connectivity index (χ2n) is 5.24. The molecule has 0 bridgehead atoms. The minimum Gasteiger partial charge on any atom is -0.388 e. The zero-order chi connectivity index (χ0) is 15.1. The summed E-state index contributed by atoms with van der Waals surface area (Å²) in [6, 6.07) is 9.98. The fourth-order valence-corrected chi connectivity index (χ4v) is 2.14. The third kappa shape index (κ3) is 10.8. The van der Waals surface area contributed by atoms with E-state index in [1.807, 2.05) is 37.3 Å². The lowest BCUT2D eigenvalue weighted by Crippen LogP contribution is -1.96. The Bertz CT molecular complexity index is 305. The van der Waals surface area contributed by atoms with Crippen LogP contribution in [0.3, 0.4) is 0 Å². The molecule has 1 unspecified atom stereocenters. The number of benzene rings is 1. The first-order chi connectivity index (χ1) is 9.76. The van der Waals surface area contributed by atoms with Gasteiger partial charge in [-0.05, 0) is 18.9 Å². The van der Waals surface area contributed by atoms with Gasteiger partial charge in [0.2, 0.25) is 0 Å². The van der Waals surface area contributed by atoms with Gasteiger partial charge in [0.25, 0.3) is 0 Å². The molecule has 0 spiro atoms. The van der Waals surface area contributed by atoms with E-state index in [2.05, 4.69) is 13.5 Å². The Balaban J connectivity index is 0.00000110. The second kappa shape index (κ2) is 14.3. The molecule has 0 aliphatic heterocycles. The molecule has 0 aliphatic carbocycles. The Kier molecular flexibility index (Phi) is 13.6. The highest BCUT2D eigenvalue weighted by Crippen LogP contribution is 2.19. The van der Waals surface area contributed by atoms with Crippen LogP contribution in [0.4, 0.5) is 0 Å². The van der Waals surface area contributed by atoms with E-state index in [0.717, 1.165) is 18.4 Å². The van der Waals surface area contributed by atoms with Crippen LogP contribution in [0.15, 0.2) is 43.0 Å². The molecule has 0 amide bonds. The largest absolute Gasteiger partial charge is 0.388 e. The maximum atomic E-state index is 9.96. The highest BCUT2D eigenvalue weighted by Gasteiger charge is 2.05. The first kappa shape index (κ1) is 18.9. The third-order valence-corrected chi connectivity index (χ3v) is 3.27. The van der Waals surface area contributed by atoms with Crippen LogP contribution in [0.1, 0.15) is 76.9 Å². The Morgan fingerprint density at radius 1 is 1.00 bits per heavy atom. The average Bonchev–Trinajstić information content (AvgIpc) is 2.48. The number of aliphatic hydroxyl groups excluding tert-OH is 1. The van der Waals surface area contributed by atoms with E-state index >= 15 is 0 Å². The minimum atomic E-state index is -0.271. The summed E-state index contributed by atoms with van der Waals surface area (Å²) in [5.41, 5.74) is 1.05. The highest BCUT2D eigenvalue weighted by atomic mass is 16.3. The van der Waals surface area contributed by atoms with Crippen LogP contribution in [0.2, 0.25) is 0 Å². The van der Waals surface area contributed by atoms with Crippen molar-refractivity contribution in [1.29, 1.82) is 0 Å². The van der Waals surface area contributed by atoms with Crippen LogP contribution in [0.5, 0.6) is 0 Å². The normalized spacial score (nSPS) is 11.3. The maximum Gasteiger partial charge on any atom is 0.0790 e. The van der Waals surface area contributed by atoms with Gasteiger partial charge in [0, 0.05) is 0 Å². The fourth-order valence-electron chi connectivity index (χ4n) is 2.14. The predicted molar refractivity (Wildman–Crippen MR) is 89.9 cm³/mol. The monoisotopic (exact) mass is 276 g/mol. The summed E-state index contributed by atoms with van der Waals surface area (Å²) >= 11 is 0. The van der Waals surface area contributed by atoms with Crippen molar-refractivity contribution in [2.24, 2.45) is 0 Å². The number of aliphatic hydroxyl groups is 1. The smallest absolute Gasteiger partial charge is 0.0790 e. The van der Waals surface area contributed by atoms with Gasteiger partial charge >= 0.3 is 0 Å². The zero-order valence-electron chi connectivity index (χ0n) is 13.4. The molecule has 1 atom stereocenters. The van der Waals surface area contributed by atoms with E-state index in [4.69, 9.17) is 0 Å². The van der Waals surface area contributed by atoms with Crippen molar-refractivity contribution in [1.82, 2.24) is 0 Å². The first-order valence-corrected chi connectivity index (χ1v) is 8.06. The summed E-state index contributed by atoms with van der Waals surface area (Å²) in [5.74, 6) is 0. The first-order valence-electron chi connectivity index (χ1n) is 8.06. The summed E-state index contributed by atoms with van der Waals surface area (Å²) in [4.78, 5) is 0. The number of rotatable bonds is 9. The summed E-state index contributed by atoms with van der Waals surface area (Å²) in [5, 5.41) is 9.96. The predicted octanol–water partition coefficient (Wildman–Crippen LogP) is 6.05. The molecule has 0 heterocycles. The van der Waals surface area contributed by atoms with Crippen LogP contribution < -0.4 is 0 Å². The van der Waals surface area contributed by atoms with Crippen LogP contribution in [-0.4, -0.2) is 5.11 Å². The van der Waals surface area contributed by atoms with Gasteiger partial charge in [0.15, 0.2) is 0 Å². The third-order valence-electron chi connectivity index (χ3n) is 3.27. The fraction of sp³-hybridized carbons (Fsp3) is 0.579. The van der Waals surface area contributed by atoms with E-state index in [9.17, 15) is 5.11 Å². The van der Waals surface area contributed by atoms with Gasteiger partial charge in [-0.3, -0.25) is 0 Å². The van der Waals surface area contributed by atoms with Crippen molar-refractivity contribution in [3.8, 4) is 0 Å². The Hall–Kier alpha value is -1.08. The molecule has 0 aliphatic rings. The summed E-state index contributed by atoms with van der Waals surface area (Å²) in [7, 11) is 0. The van der Waals surface area contributed by atoms with Gasteiger partial charge in [-0.2, -0.15) is 0 Å². The molecule has 114 valence electrons. The van der Waals surface area contributed by atoms with E-state index in [1.165, 1.54) is 38.5 Å². The Morgan fingerprint density at radius 2 is 1.50 bits per heavy atom. The molecule has 20 heavy (non-hydrogen) atoms. The van der Waals surface area contributed by atoms with E-state index in [1.54, 1.807) is 6.08 Å². The summed E-state index contributed by atoms with van der Waals surface area (Å²) < 4.78 is 0. The van der Waals surface area contributed by atoms with Gasteiger partial charge in [-0.25, -0.2) is 0 Å². The van der Waals surface area contributed by atoms with Gasteiger partial charge < -0.3 is 5.11 Å². The average molecular weight is 276 g/mol. The molecule has 0 radical (unpaired) electrons. The lowest BCUT2D eigenvalue weighted by molar-refractivity contribution is 0.163. The van der Waals surface area contributed by atoms with E-state index in [-0.39, 0.29) is 6.10 Å². The molecule has 0 saturated heterocycles. The second-order valence-corrected chi connectivity index (χ2v) is 5.24. The Labute approximate surface area is 125 Å². The molecule has 1 heteroatoms. The molecular formula is C19H32O. The van der Waals surface area contributed by atoms with Gasteiger partial charge in [-0.15, -0.1) is 6.58 Å². The molecule has 1 aromatic carbocycles. The quantitative estimate of drug-likeness (QED) is 0.430. The molecule has 1 rings (SSSR count). The number of hydrogen-bond acceptors (Lipinski definition) is 1. The highest BCUT2D eigenvalue weighted by molar-refractivity contribution is 5.16. The molecule has 1 nitrogen and oxygen atoms in total. The molecular weight excluding hydrogens is 244 g/mol. The SMILES string of the molecule is C=CC.CCCCCCCCCC(O)c1ccccc1. The van der Waals surface area contributed by atoms with Crippen molar-refractivity contribution < 1.29 is 5.11 Å². The van der Waals surface area contributed by atoms with Gasteiger partial charge in [0.05, 0.1) is 6.10 Å². The Morgan fingerprint density at radius 3 is 2.05 bits per heavy atom. The van der Waals surface area contributed by atoms with Crippen LogP contribution >= 0.6 is 0 Å². The van der Waals surface area contributed by atoms with Crippen molar-refractivity contribution in [2.75, 3.05) is 0 Å². The van der Waals surface area contributed by atoms with Crippen LogP contribution in [0.25, 0.3) is 0 Å². The van der Waals surface area contributed by atoms with Gasteiger partial charge in [-0.1, -0.05) is 88.3 Å². The topological polar surface area (TPSA) is 20.2 Å². The molecule has 1 aromatic rings. The standard InChI is InChI=1S/C16H26O.C3H6/c1-2-3-4-5-6-7-11-14-16(17)15-12-9-8-10-13-15;1-3-2/h8-10,12-13,16-17H,2-7,11,14H2,1H3;3H,1H2,2H3. The lowest BCUT2D eigenvalue weighted by atomic mass is 10.0. The number of hydrogen-bond donors (Lipinski definition) is 1.